The average molecular weight is 198 g/mol. The van der Waals surface area contributed by atoms with Crippen molar-refractivity contribution in [2.24, 2.45) is 23.7 Å². The molecule has 0 bridgehead atoms. The van der Waals surface area contributed by atoms with E-state index in [4.69, 9.17) is 4.74 Å². The van der Waals surface area contributed by atoms with Crippen LogP contribution in [0, 0.1) is 23.7 Å². The molecule has 0 N–H and O–H groups in total. The molecule has 84 valence electrons. The third kappa shape index (κ3) is 2.13. The van der Waals surface area contributed by atoms with E-state index in [2.05, 4.69) is 41.5 Å². The zero-order chi connectivity index (χ0) is 10.9. The first-order valence-corrected chi connectivity index (χ1v) is 6.14. The molecular weight excluding hydrogens is 172 g/mol. The van der Waals surface area contributed by atoms with Crippen molar-refractivity contribution in [3.8, 4) is 0 Å². The van der Waals surface area contributed by atoms with E-state index in [-0.39, 0.29) is 0 Å². The number of hydrogen-bond donors (Lipinski definition) is 0. The molecule has 0 spiro atoms. The van der Waals surface area contributed by atoms with Crippen molar-refractivity contribution in [2.75, 3.05) is 0 Å². The summed E-state index contributed by atoms with van der Waals surface area (Å²) in [6, 6.07) is 0. The Balaban J connectivity index is 2.70. The average Bonchev–Trinajstić information content (AvgIpc) is 2.19. The van der Waals surface area contributed by atoms with Crippen molar-refractivity contribution in [1.29, 1.82) is 0 Å². The molecule has 0 aromatic carbocycles. The molecule has 3 unspecified atom stereocenters. The number of rotatable bonds is 2. The molecular formula is C13H26O. The van der Waals surface area contributed by atoms with E-state index < -0.39 is 0 Å². The van der Waals surface area contributed by atoms with Crippen LogP contribution in [0.5, 0.6) is 0 Å². The topological polar surface area (TPSA) is 9.23 Å². The summed E-state index contributed by atoms with van der Waals surface area (Å²) < 4.78 is 6.13. The maximum Gasteiger partial charge on any atom is 0.0632 e. The van der Waals surface area contributed by atoms with Crippen molar-refractivity contribution in [1.82, 2.24) is 0 Å². The molecule has 0 aliphatic carbocycles. The van der Waals surface area contributed by atoms with Crippen LogP contribution < -0.4 is 0 Å². The first-order chi connectivity index (χ1) is 6.49. The number of ether oxygens (including phenoxy) is 1. The second-order valence-electron chi connectivity index (χ2n) is 5.27. The lowest BCUT2D eigenvalue weighted by Crippen LogP contribution is -2.46. The zero-order valence-corrected chi connectivity index (χ0v) is 10.6. The largest absolute Gasteiger partial charge is 0.374 e. The van der Waals surface area contributed by atoms with Crippen LogP contribution >= 0.6 is 0 Å². The van der Waals surface area contributed by atoms with Gasteiger partial charge in [-0.1, -0.05) is 41.0 Å². The zero-order valence-electron chi connectivity index (χ0n) is 10.6. The molecule has 1 aliphatic heterocycles. The van der Waals surface area contributed by atoms with Gasteiger partial charge in [-0.3, -0.25) is 0 Å². The van der Waals surface area contributed by atoms with Crippen LogP contribution in [0.3, 0.4) is 0 Å². The lowest BCUT2D eigenvalue weighted by molar-refractivity contribution is -0.144. The molecule has 14 heavy (non-hydrogen) atoms. The van der Waals surface area contributed by atoms with Crippen LogP contribution in [0.25, 0.3) is 0 Å². The smallest absolute Gasteiger partial charge is 0.0632 e. The normalized spacial score (nSPS) is 46.3. The van der Waals surface area contributed by atoms with E-state index in [0.717, 1.165) is 5.92 Å². The van der Waals surface area contributed by atoms with Gasteiger partial charge < -0.3 is 4.74 Å². The van der Waals surface area contributed by atoms with Gasteiger partial charge in [-0.15, -0.1) is 0 Å². The Morgan fingerprint density at radius 1 is 1.00 bits per heavy atom. The molecule has 0 amide bonds. The first-order valence-electron chi connectivity index (χ1n) is 6.14. The van der Waals surface area contributed by atoms with Crippen molar-refractivity contribution >= 4 is 0 Å². The highest BCUT2D eigenvalue weighted by molar-refractivity contribution is 4.86. The van der Waals surface area contributed by atoms with Crippen molar-refractivity contribution in [3.05, 3.63) is 0 Å². The van der Waals surface area contributed by atoms with Crippen LogP contribution in [0.4, 0.5) is 0 Å². The van der Waals surface area contributed by atoms with Crippen LogP contribution in [-0.4, -0.2) is 12.2 Å². The Morgan fingerprint density at radius 2 is 1.57 bits per heavy atom. The molecule has 1 fully saturated rings. The van der Waals surface area contributed by atoms with Gasteiger partial charge in [-0.05, 0) is 30.6 Å². The van der Waals surface area contributed by atoms with Gasteiger partial charge >= 0.3 is 0 Å². The van der Waals surface area contributed by atoms with Crippen molar-refractivity contribution < 1.29 is 4.74 Å². The van der Waals surface area contributed by atoms with Crippen molar-refractivity contribution in [3.63, 3.8) is 0 Å². The summed E-state index contributed by atoms with van der Waals surface area (Å²) in [5.74, 6) is 2.89. The minimum atomic E-state index is 0.431. The highest BCUT2D eigenvalue weighted by Crippen LogP contribution is 2.38. The monoisotopic (exact) mass is 198 g/mol. The predicted molar refractivity (Wildman–Crippen MR) is 61.3 cm³/mol. The molecule has 1 heterocycles. The SMILES string of the molecule is CC[C@@H](C)C1OC(C)C(C)[C@@H](C)[C@@H]1C. The van der Waals surface area contributed by atoms with Crippen LogP contribution in [-0.2, 0) is 4.74 Å². The van der Waals surface area contributed by atoms with Gasteiger partial charge in [0.1, 0.15) is 0 Å². The predicted octanol–water partition coefficient (Wildman–Crippen LogP) is 3.73. The van der Waals surface area contributed by atoms with Crippen molar-refractivity contribution in [2.45, 2.75) is 60.2 Å². The molecule has 1 nitrogen and oxygen atoms in total. The van der Waals surface area contributed by atoms with E-state index in [0.29, 0.717) is 30.0 Å². The molecule has 0 aromatic heterocycles. The molecule has 1 rings (SSSR count). The van der Waals surface area contributed by atoms with Gasteiger partial charge in [0.25, 0.3) is 0 Å². The Hall–Kier alpha value is -0.0400. The lowest BCUT2D eigenvalue weighted by atomic mass is 9.73. The van der Waals surface area contributed by atoms with E-state index in [1.54, 1.807) is 0 Å². The Labute approximate surface area is 89.2 Å². The minimum Gasteiger partial charge on any atom is -0.374 e. The second-order valence-corrected chi connectivity index (χ2v) is 5.27. The van der Waals surface area contributed by atoms with Gasteiger partial charge in [0, 0.05) is 0 Å². The summed E-state index contributed by atoms with van der Waals surface area (Å²) in [7, 11) is 0. The highest BCUT2D eigenvalue weighted by atomic mass is 16.5. The Kier molecular flexibility index (Phi) is 4.00. The highest BCUT2D eigenvalue weighted by Gasteiger charge is 2.38. The molecule has 1 saturated heterocycles. The lowest BCUT2D eigenvalue weighted by Gasteiger charge is -2.44. The molecule has 1 heteroatoms. The van der Waals surface area contributed by atoms with Crippen LogP contribution in [0.1, 0.15) is 48.0 Å². The van der Waals surface area contributed by atoms with Gasteiger partial charge in [-0.25, -0.2) is 0 Å². The second kappa shape index (κ2) is 4.65. The van der Waals surface area contributed by atoms with E-state index >= 15 is 0 Å². The molecule has 1 aliphatic rings. The maximum absolute atomic E-state index is 6.13. The molecule has 0 aromatic rings. The summed E-state index contributed by atoms with van der Waals surface area (Å²) >= 11 is 0. The fourth-order valence-electron chi connectivity index (χ4n) is 2.59. The minimum absolute atomic E-state index is 0.431. The standard InChI is InChI=1S/C13H26O/c1-7-8(2)13-11(5)9(3)10(4)12(6)14-13/h8-13H,7H2,1-6H3/t8-,9-,10?,11+,12?,13?/m1/s1. The summed E-state index contributed by atoms with van der Waals surface area (Å²) in [6.45, 7) is 13.8. The maximum atomic E-state index is 6.13. The molecule has 0 saturated carbocycles. The van der Waals surface area contributed by atoms with Crippen LogP contribution in [0.2, 0.25) is 0 Å². The quantitative estimate of drug-likeness (QED) is 0.657. The van der Waals surface area contributed by atoms with E-state index in [1.807, 2.05) is 0 Å². The fourth-order valence-corrected chi connectivity index (χ4v) is 2.59. The summed E-state index contributed by atoms with van der Waals surface area (Å²) in [4.78, 5) is 0. The summed E-state index contributed by atoms with van der Waals surface area (Å²) in [5.41, 5.74) is 0. The van der Waals surface area contributed by atoms with Gasteiger partial charge in [0.2, 0.25) is 0 Å². The fraction of sp³-hybridized carbons (Fsp3) is 1.00. The third-order valence-electron chi connectivity index (χ3n) is 4.49. The van der Waals surface area contributed by atoms with E-state index in [1.165, 1.54) is 6.42 Å². The number of hydrogen-bond acceptors (Lipinski definition) is 1. The molecule has 6 atom stereocenters. The molecule has 0 radical (unpaired) electrons. The Morgan fingerprint density at radius 3 is 2.07 bits per heavy atom. The summed E-state index contributed by atoms with van der Waals surface area (Å²) in [5, 5.41) is 0. The van der Waals surface area contributed by atoms with Gasteiger partial charge in [0.05, 0.1) is 12.2 Å². The third-order valence-corrected chi connectivity index (χ3v) is 4.49. The van der Waals surface area contributed by atoms with Crippen LogP contribution in [0.15, 0.2) is 0 Å². The van der Waals surface area contributed by atoms with Gasteiger partial charge in [0.15, 0.2) is 0 Å². The Bertz CT molecular complexity index is 178. The van der Waals surface area contributed by atoms with E-state index in [9.17, 15) is 0 Å². The first kappa shape index (κ1) is 12.0. The van der Waals surface area contributed by atoms with Gasteiger partial charge in [-0.2, -0.15) is 0 Å². The summed E-state index contributed by atoms with van der Waals surface area (Å²) in [6.07, 6.45) is 2.13.